The van der Waals surface area contributed by atoms with Crippen molar-refractivity contribution >= 4 is 23.4 Å². The lowest BCUT2D eigenvalue weighted by molar-refractivity contribution is -0.137. The molecule has 1 atom stereocenters. The molecule has 146 valence electrons. The summed E-state index contributed by atoms with van der Waals surface area (Å²) in [6, 6.07) is 2.01. The molecular weight excluding hydrogens is 351 g/mol. The molecule has 0 radical (unpaired) electrons. The first kappa shape index (κ1) is 21.6. The minimum atomic E-state index is -4.54. The molecule has 0 aliphatic rings. The molecule has 0 unspecified atom stereocenters. The second-order valence-electron chi connectivity index (χ2n) is 6.65. The predicted octanol–water partition coefficient (Wildman–Crippen LogP) is 3.99. The summed E-state index contributed by atoms with van der Waals surface area (Å²) in [5.74, 6) is -0.672. The van der Waals surface area contributed by atoms with Crippen LogP contribution >= 0.6 is 0 Å². The van der Waals surface area contributed by atoms with Gasteiger partial charge in [-0.2, -0.15) is 13.2 Å². The summed E-state index contributed by atoms with van der Waals surface area (Å²) in [7, 11) is 0. The van der Waals surface area contributed by atoms with E-state index in [1.165, 1.54) is 13.0 Å². The van der Waals surface area contributed by atoms with Gasteiger partial charge in [0.15, 0.2) is 0 Å². The van der Waals surface area contributed by atoms with Gasteiger partial charge in [-0.25, -0.2) is 4.79 Å². The topological polar surface area (TPSA) is 79.5 Å². The van der Waals surface area contributed by atoms with Gasteiger partial charge < -0.3 is 20.7 Å². The number of benzene rings is 1. The Kier molecular flexibility index (Phi) is 6.88. The van der Waals surface area contributed by atoms with E-state index < -0.39 is 35.4 Å². The largest absolute Gasteiger partial charge is 0.444 e. The third-order valence-corrected chi connectivity index (χ3v) is 3.10. The maximum absolute atomic E-state index is 12.9. The van der Waals surface area contributed by atoms with Crippen molar-refractivity contribution in [3.63, 3.8) is 0 Å². The summed E-state index contributed by atoms with van der Waals surface area (Å²) in [5.41, 5.74) is -1.30. The number of hydrogen-bond donors (Lipinski definition) is 3. The molecule has 0 spiro atoms. The average Bonchev–Trinajstić information content (AvgIpc) is 2.45. The summed E-state index contributed by atoms with van der Waals surface area (Å²) in [6.07, 6.45) is -5.33. The molecule has 0 heterocycles. The molecule has 26 heavy (non-hydrogen) atoms. The molecule has 0 aromatic heterocycles. The second-order valence-corrected chi connectivity index (χ2v) is 6.65. The van der Waals surface area contributed by atoms with Crippen LogP contribution in [0.3, 0.4) is 0 Å². The van der Waals surface area contributed by atoms with E-state index in [1.807, 2.05) is 0 Å². The lowest BCUT2D eigenvalue weighted by atomic mass is 10.1. The number of halogens is 3. The van der Waals surface area contributed by atoms with Gasteiger partial charge in [0.05, 0.1) is 16.9 Å². The van der Waals surface area contributed by atoms with Gasteiger partial charge in [0.2, 0.25) is 5.91 Å². The van der Waals surface area contributed by atoms with Crippen molar-refractivity contribution in [1.82, 2.24) is 5.32 Å². The molecular formula is C17H24F3N3O3. The third-order valence-electron chi connectivity index (χ3n) is 3.10. The Hall–Kier alpha value is -2.45. The molecule has 1 rings (SSSR count). The SMILES string of the molecule is CCNc1ccc(C(F)(F)F)cc1NC(=O)[C@@H](C)NC(=O)OC(C)(C)C. The van der Waals surface area contributed by atoms with E-state index in [0.717, 1.165) is 12.1 Å². The Morgan fingerprint density at radius 2 is 1.77 bits per heavy atom. The third kappa shape index (κ3) is 6.81. The fourth-order valence-corrected chi connectivity index (χ4v) is 1.96. The summed E-state index contributed by atoms with van der Waals surface area (Å²) < 4.78 is 43.8. The zero-order valence-electron chi connectivity index (χ0n) is 15.4. The Bertz CT molecular complexity index is 655. The highest BCUT2D eigenvalue weighted by atomic mass is 19.4. The number of carbonyl (C=O) groups is 2. The van der Waals surface area contributed by atoms with Crippen molar-refractivity contribution in [2.45, 2.75) is 52.4 Å². The van der Waals surface area contributed by atoms with Crippen LogP contribution in [0.2, 0.25) is 0 Å². The molecule has 0 saturated heterocycles. The Labute approximate surface area is 150 Å². The van der Waals surface area contributed by atoms with Crippen LogP contribution in [0, 0.1) is 0 Å². The van der Waals surface area contributed by atoms with Crippen molar-refractivity contribution in [1.29, 1.82) is 0 Å². The lowest BCUT2D eigenvalue weighted by Crippen LogP contribution is -2.44. The smallest absolute Gasteiger partial charge is 0.416 e. The van der Waals surface area contributed by atoms with Crippen LogP contribution in [0.1, 0.15) is 40.2 Å². The van der Waals surface area contributed by atoms with Crippen molar-refractivity contribution in [3.8, 4) is 0 Å². The van der Waals surface area contributed by atoms with Gasteiger partial charge in [-0.3, -0.25) is 4.79 Å². The molecule has 0 aliphatic carbocycles. The molecule has 0 aliphatic heterocycles. The number of nitrogens with one attached hydrogen (secondary N) is 3. The van der Waals surface area contributed by atoms with E-state index >= 15 is 0 Å². The molecule has 0 bridgehead atoms. The normalized spacial score (nSPS) is 12.9. The average molecular weight is 375 g/mol. The summed E-state index contributed by atoms with van der Waals surface area (Å²) in [4.78, 5) is 23.9. The van der Waals surface area contributed by atoms with Gasteiger partial charge in [0.1, 0.15) is 11.6 Å². The predicted molar refractivity (Wildman–Crippen MR) is 93.1 cm³/mol. The summed E-state index contributed by atoms with van der Waals surface area (Å²) >= 11 is 0. The van der Waals surface area contributed by atoms with E-state index in [0.29, 0.717) is 12.2 Å². The van der Waals surface area contributed by atoms with Crippen LogP contribution in [0.4, 0.5) is 29.3 Å². The highest BCUT2D eigenvalue weighted by Crippen LogP contribution is 2.34. The van der Waals surface area contributed by atoms with E-state index in [1.54, 1.807) is 27.7 Å². The maximum atomic E-state index is 12.9. The number of carbonyl (C=O) groups excluding carboxylic acids is 2. The van der Waals surface area contributed by atoms with Gasteiger partial charge in [0.25, 0.3) is 0 Å². The number of alkyl carbamates (subject to hydrolysis) is 1. The summed E-state index contributed by atoms with van der Waals surface area (Å²) in [5, 5.41) is 7.62. The minimum absolute atomic E-state index is 0.0236. The van der Waals surface area contributed by atoms with Crippen molar-refractivity contribution in [3.05, 3.63) is 23.8 Å². The molecule has 6 nitrogen and oxygen atoms in total. The number of amides is 2. The molecule has 3 N–H and O–H groups in total. The van der Waals surface area contributed by atoms with Gasteiger partial charge in [-0.1, -0.05) is 0 Å². The van der Waals surface area contributed by atoms with Crippen molar-refractivity contribution < 1.29 is 27.5 Å². The molecule has 0 saturated carbocycles. The van der Waals surface area contributed by atoms with Crippen LogP contribution in [-0.2, 0) is 15.7 Å². The minimum Gasteiger partial charge on any atom is -0.444 e. The quantitative estimate of drug-likeness (QED) is 0.727. The molecule has 9 heteroatoms. The van der Waals surface area contributed by atoms with Crippen LogP contribution in [0.5, 0.6) is 0 Å². The van der Waals surface area contributed by atoms with E-state index in [2.05, 4.69) is 16.0 Å². The van der Waals surface area contributed by atoms with Gasteiger partial charge in [0, 0.05) is 6.54 Å². The van der Waals surface area contributed by atoms with Crippen LogP contribution in [0.15, 0.2) is 18.2 Å². The van der Waals surface area contributed by atoms with Crippen molar-refractivity contribution in [2.75, 3.05) is 17.2 Å². The molecule has 1 aromatic rings. The van der Waals surface area contributed by atoms with E-state index in [9.17, 15) is 22.8 Å². The van der Waals surface area contributed by atoms with Crippen LogP contribution in [-0.4, -0.2) is 30.2 Å². The molecule has 1 aromatic carbocycles. The zero-order valence-corrected chi connectivity index (χ0v) is 15.4. The summed E-state index contributed by atoms with van der Waals surface area (Å²) in [6.45, 7) is 8.64. The van der Waals surface area contributed by atoms with Gasteiger partial charge >= 0.3 is 12.3 Å². The Morgan fingerprint density at radius 1 is 1.15 bits per heavy atom. The highest BCUT2D eigenvalue weighted by Gasteiger charge is 2.31. The Morgan fingerprint density at radius 3 is 2.27 bits per heavy atom. The van der Waals surface area contributed by atoms with Gasteiger partial charge in [-0.15, -0.1) is 0 Å². The monoisotopic (exact) mass is 375 g/mol. The van der Waals surface area contributed by atoms with Crippen molar-refractivity contribution in [2.24, 2.45) is 0 Å². The second kappa shape index (κ2) is 8.29. The van der Waals surface area contributed by atoms with Gasteiger partial charge in [-0.05, 0) is 52.8 Å². The highest BCUT2D eigenvalue weighted by molar-refractivity contribution is 5.98. The fraction of sp³-hybridized carbons (Fsp3) is 0.529. The molecule has 2 amide bonds. The number of alkyl halides is 3. The number of hydrogen-bond acceptors (Lipinski definition) is 4. The first-order valence-electron chi connectivity index (χ1n) is 8.09. The maximum Gasteiger partial charge on any atom is 0.416 e. The fourth-order valence-electron chi connectivity index (χ4n) is 1.96. The standard InChI is InChI=1S/C17H24F3N3O3/c1-6-21-12-8-7-11(17(18,19)20)9-13(12)23-14(24)10(2)22-15(25)26-16(3,4)5/h7-10,21H,6H2,1-5H3,(H,22,25)(H,23,24)/t10-/m1/s1. The number of rotatable bonds is 5. The zero-order chi connectivity index (χ0) is 20.1. The van der Waals surface area contributed by atoms with Crippen LogP contribution in [0.25, 0.3) is 0 Å². The van der Waals surface area contributed by atoms with E-state index in [4.69, 9.17) is 4.74 Å². The van der Waals surface area contributed by atoms with Crippen LogP contribution < -0.4 is 16.0 Å². The number of ether oxygens (including phenoxy) is 1. The first-order valence-corrected chi connectivity index (χ1v) is 8.09. The Balaban J connectivity index is 2.91. The number of anilines is 2. The first-order chi connectivity index (χ1) is 11.8. The van der Waals surface area contributed by atoms with E-state index in [-0.39, 0.29) is 5.69 Å². The molecule has 0 fully saturated rings. The lowest BCUT2D eigenvalue weighted by Gasteiger charge is -2.22.